The quantitative estimate of drug-likeness (QED) is 0.434. The van der Waals surface area contributed by atoms with Crippen LogP contribution in [-0.4, -0.2) is 35.6 Å². The maximum absolute atomic E-state index is 4.30. The van der Waals surface area contributed by atoms with Crippen LogP contribution in [0, 0.1) is 6.92 Å². The Bertz CT molecular complexity index is 548. The van der Waals surface area contributed by atoms with Crippen LogP contribution in [0.25, 0.3) is 0 Å². The van der Waals surface area contributed by atoms with Gasteiger partial charge in [0.1, 0.15) is 0 Å². The number of nitrogens with one attached hydrogen (secondary N) is 2. The molecule has 22 heavy (non-hydrogen) atoms. The average Bonchev–Trinajstić information content (AvgIpc) is 3.01. The van der Waals surface area contributed by atoms with E-state index in [4.69, 9.17) is 0 Å². The molecule has 2 rings (SSSR count). The zero-order valence-electron chi connectivity index (χ0n) is 13.1. The van der Waals surface area contributed by atoms with Crippen molar-refractivity contribution < 1.29 is 0 Å². The summed E-state index contributed by atoms with van der Waals surface area (Å²) in [5, 5.41) is 6.62. The fourth-order valence-corrected chi connectivity index (χ4v) is 2.01. The first kappa shape index (κ1) is 18.5. The van der Waals surface area contributed by atoms with Gasteiger partial charge in [0.25, 0.3) is 0 Å². The predicted octanol–water partition coefficient (Wildman–Crippen LogP) is 2.22. The first-order chi connectivity index (χ1) is 10.3. The van der Waals surface area contributed by atoms with Gasteiger partial charge < -0.3 is 15.2 Å². The Kier molecular flexibility index (Phi) is 8.57. The zero-order chi connectivity index (χ0) is 14.9. The molecule has 0 spiro atoms. The Morgan fingerprint density at radius 1 is 1.18 bits per heavy atom. The highest BCUT2D eigenvalue weighted by Crippen LogP contribution is 1.99. The number of hydrogen-bond donors (Lipinski definition) is 2. The van der Waals surface area contributed by atoms with Crippen molar-refractivity contribution in [2.24, 2.45) is 4.99 Å². The molecule has 2 N–H and O–H groups in total. The second kappa shape index (κ2) is 10.2. The molecule has 0 saturated carbocycles. The van der Waals surface area contributed by atoms with Gasteiger partial charge in [0.2, 0.25) is 0 Å². The van der Waals surface area contributed by atoms with Crippen molar-refractivity contribution >= 4 is 29.9 Å². The molecule has 0 aromatic carbocycles. The largest absolute Gasteiger partial charge is 0.356 e. The van der Waals surface area contributed by atoms with E-state index < -0.39 is 0 Å². The van der Waals surface area contributed by atoms with Crippen molar-refractivity contribution in [3.63, 3.8) is 0 Å². The van der Waals surface area contributed by atoms with Gasteiger partial charge in [-0.3, -0.25) is 9.98 Å². The molecule has 0 aliphatic carbocycles. The van der Waals surface area contributed by atoms with Crippen molar-refractivity contribution in [2.45, 2.75) is 19.9 Å². The molecular weight excluding hydrogens is 389 g/mol. The first-order valence-corrected chi connectivity index (χ1v) is 7.25. The molecular formula is C16H24IN5. The number of hydrogen-bond acceptors (Lipinski definition) is 2. The number of aromatic nitrogens is 2. The Morgan fingerprint density at radius 2 is 1.91 bits per heavy atom. The van der Waals surface area contributed by atoms with Gasteiger partial charge in [-0.15, -0.1) is 24.0 Å². The van der Waals surface area contributed by atoms with E-state index in [1.165, 1.54) is 5.56 Å². The fraction of sp³-hybridized carbons (Fsp3) is 0.375. The monoisotopic (exact) mass is 413 g/mol. The third-order valence-electron chi connectivity index (χ3n) is 3.23. The summed E-state index contributed by atoms with van der Waals surface area (Å²) in [6.07, 6.45) is 6.98. The molecule has 0 amide bonds. The lowest BCUT2D eigenvalue weighted by Crippen LogP contribution is -2.39. The summed E-state index contributed by atoms with van der Waals surface area (Å²) >= 11 is 0. The van der Waals surface area contributed by atoms with Crippen LogP contribution in [0.1, 0.15) is 11.3 Å². The van der Waals surface area contributed by atoms with Gasteiger partial charge in [-0.05, 0) is 37.1 Å². The van der Waals surface area contributed by atoms with Gasteiger partial charge in [-0.25, -0.2) is 0 Å². The second-order valence-corrected chi connectivity index (χ2v) is 4.90. The van der Waals surface area contributed by atoms with Crippen LogP contribution >= 0.6 is 24.0 Å². The number of pyridine rings is 1. The lowest BCUT2D eigenvalue weighted by atomic mass is 10.2. The molecule has 0 atom stereocenters. The summed E-state index contributed by atoms with van der Waals surface area (Å²) in [5.74, 6) is 0.835. The Hall–Kier alpha value is -1.57. The van der Waals surface area contributed by atoms with Gasteiger partial charge in [0.05, 0.1) is 0 Å². The molecule has 120 valence electrons. The van der Waals surface area contributed by atoms with Crippen LogP contribution in [0.15, 0.2) is 47.8 Å². The summed E-state index contributed by atoms with van der Waals surface area (Å²) in [4.78, 5) is 8.52. The molecule has 0 unspecified atom stereocenters. The summed E-state index contributed by atoms with van der Waals surface area (Å²) in [5.41, 5.74) is 2.28. The van der Waals surface area contributed by atoms with Gasteiger partial charge in [-0.1, -0.05) is 6.07 Å². The lowest BCUT2D eigenvalue weighted by molar-refractivity contribution is 0.665. The third-order valence-corrected chi connectivity index (χ3v) is 3.23. The number of aryl methyl sites for hydroxylation is 1. The fourth-order valence-electron chi connectivity index (χ4n) is 2.01. The van der Waals surface area contributed by atoms with E-state index in [9.17, 15) is 0 Å². The number of aliphatic imine (C=N–C) groups is 1. The van der Waals surface area contributed by atoms with Gasteiger partial charge in [0, 0.05) is 51.0 Å². The molecule has 2 aromatic heterocycles. The zero-order valence-corrected chi connectivity index (χ0v) is 15.5. The standard InChI is InChI=1S/C16H23N5.HI/c1-14-5-6-15(13-20-14)7-8-18-16(17-2)19-9-12-21-10-3-4-11-21;/h3-6,10-11,13H,7-9,12H2,1-2H3,(H2,17,18,19);1H. The molecule has 0 aliphatic rings. The normalized spacial score (nSPS) is 10.9. The molecule has 0 radical (unpaired) electrons. The maximum Gasteiger partial charge on any atom is 0.191 e. The van der Waals surface area contributed by atoms with Crippen LogP contribution in [0.4, 0.5) is 0 Å². The predicted molar refractivity (Wildman–Crippen MR) is 102 cm³/mol. The smallest absolute Gasteiger partial charge is 0.191 e. The summed E-state index contributed by atoms with van der Waals surface area (Å²) in [6.45, 7) is 4.61. The lowest BCUT2D eigenvalue weighted by Gasteiger charge is -2.12. The molecule has 2 aromatic rings. The van der Waals surface area contributed by atoms with Crippen molar-refractivity contribution in [1.29, 1.82) is 0 Å². The van der Waals surface area contributed by atoms with Gasteiger partial charge in [-0.2, -0.15) is 0 Å². The number of guanidine groups is 1. The summed E-state index contributed by atoms with van der Waals surface area (Å²) < 4.78 is 2.14. The van der Waals surface area contributed by atoms with E-state index in [0.29, 0.717) is 0 Å². The Morgan fingerprint density at radius 3 is 2.55 bits per heavy atom. The molecule has 0 fully saturated rings. The number of nitrogens with zero attached hydrogens (tertiary/aromatic N) is 3. The SMILES string of the molecule is CN=C(NCCc1ccc(C)nc1)NCCn1cccc1.I. The van der Waals surface area contributed by atoms with Gasteiger partial charge >= 0.3 is 0 Å². The highest BCUT2D eigenvalue weighted by molar-refractivity contribution is 14.0. The van der Waals surface area contributed by atoms with Crippen molar-refractivity contribution in [3.8, 4) is 0 Å². The minimum absolute atomic E-state index is 0. The minimum atomic E-state index is 0. The number of halogens is 1. The van der Waals surface area contributed by atoms with E-state index in [0.717, 1.165) is 37.7 Å². The summed E-state index contributed by atoms with van der Waals surface area (Å²) in [6, 6.07) is 8.22. The van der Waals surface area contributed by atoms with E-state index in [1.807, 2.05) is 31.3 Å². The molecule has 6 heteroatoms. The number of rotatable bonds is 6. The van der Waals surface area contributed by atoms with Crippen LogP contribution < -0.4 is 10.6 Å². The second-order valence-electron chi connectivity index (χ2n) is 4.90. The van der Waals surface area contributed by atoms with Gasteiger partial charge in [0.15, 0.2) is 5.96 Å². The van der Waals surface area contributed by atoms with E-state index >= 15 is 0 Å². The molecule has 0 bridgehead atoms. The maximum atomic E-state index is 4.30. The Labute approximate surface area is 149 Å². The van der Waals surface area contributed by atoms with E-state index in [1.54, 1.807) is 7.05 Å². The first-order valence-electron chi connectivity index (χ1n) is 7.25. The van der Waals surface area contributed by atoms with Crippen molar-refractivity contribution in [2.75, 3.05) is 20.1 Å². The van der Waals surface area contributed by atoms with Crippen molar-refractivity contribution in [3.05, 3.63) is 54.1 Å². The van der Waals surface area contributed by atoms with Crippen LogP contribution in [-0.2, 0) is 13.0 Å². The van der Waals surface area contributed by atoms with Crippen LogP contribution in [0.5, 0.6) is 0 Å². The molecule has 0 aliphatic heterocycles. The minimum Gasteiger partial charge on any atom is -0.356 e. The third kappa shape index (κ3) is 6.46. The molecule has 5 nitrogen and oxygen atoms in total. The molecule has 0 saturated heterocycles. The highest BCUT2D eigenvalue weighted by atomic mass is 127. The van der Waals surface area contributed by atoms with E-state index in [-0.39, 0.29) is 24.0 Å². The average molecular weight is 413 g/mol. The summed E-state index contributed by atoms with van der Waals surface area (Å²) in [7, 11) is 1.79. The molecule has 2 heterocycles. The van der Waals surface area contributed by atoms with Crippen molar-refractivity contribution in [1.82, 2.24) is 20.2 Å². The highest BCUT2D eigenvalue weighted by Gasteiger charge is 1.98. The Balaban J connectivity index is 0.00000242. The van der Waals surface area contributed by atoms with Crippen LogP contribution in [0.2, 0.25) is 0 Å². The topological polar surface area (TPSA) is 54.2 Å². The van der Waals surface area contributed by atoms with E-state index in [2.05, 4.69) is 43.6 Å². The van der Waals surface area contributed by atoms with Crippen LogP contribution in [0.3, 0.4) is 0 Å².